The Balaban J connectivity index is 2.20. The molecule has 5 nitrogen and oxygen atoms in total. The fourth-order valence-electron chi connectivity index (χ4n) is 1.16. The van der Waals surface area contributed by atoms with Crippen LogP contribution >= 0.6 is 23.4 Å². The first kappa shape index (κ1) is 12.8. The predicted molar refractivity (Wildman–Crippen MR) is 71.4 cm³/mol. The average molecular weight is 286 g/mol. The van der Waals surface area contributed by atoms with Crippen LogP contribution in [-0.4, -0.2) is 26.3 Å². The molecule has 2 aromatic rings. The molecular weight excluding hydrogens is 277 g/mol. The molecule has 0 radical (unpaired) electrons. The van der Waals surface area contributed by atoms with E-state index in [0.717, 1.165) is 0 Å². The Labute approximate surface area is 112 Å². The second-order valence-electron chi connectivity index (χ2n) is 3.20. The Morgan fingerprint density at radius 3 is 2.78 bits per heavy atom. The van der Waals surface area contributed by atoms with Gasteiger partial charge in [0.2, 0.25) is 0 Å². The summed E-state index contributed by atoms with van der Waals surface area (Å²) in [5, 5.41) is 7.97. The largest absolute Gasteiger partial charge is 0.270 e. The maximum atomic E-state index is 13.0. The van der Waals surface area contributed by atoms with Gasteiger partial charge in [0, 0.05) is 0 Å². The summed E-state index contributed by atoms with van der Waals surface area (Å²) in [6.45, 7) is 0. The molecule has 8 heteroatoms. The first-order valence-electron chi connectivity index (χ1n) is 4.88. The first-order valence-corrected chi connectivity index (χ1v) is 6.48. The molecule has 1 aromatic carbocycles. The van der Waals surface area contributed by atoms with Crippen LogP contribution in [0.2, 0.25) is 5.02 Å². The van der Waals surface area contributed by atoms with Crippen LogP contribution < -0.4 is 5.43 Å². The van der Waals surface area contributed by atoms with E-state index in [0.29, 0.717) is 10.9 Å². The highest BCUT2D eigenvalue weighted by atomic mass is 35.5. The molecule has 1 heterocycles. The summed E-state index contributed by atoms with van der Waals surface area (Å²) in [4.78, 5) is 4.29. The summed E-state index contributed by atoms with van der Waals surface area (Å²) in [7, 11) is 0. The molecule has 0 unspecified atom stereocenters. The van der Waals surface area contributed by atoms with Crippen LogP contribution in [0.25, 0.3) is 0 Å². The van der Waals surface area contributed by atoms with Crippen molar-refractivity contribution in [1.82, 2.24) is 14.9 Å². The molecule has 0 bridgehead atoms. The van der Waals surface area contributed by atoms with Gasteiger partial charge >= 0.3 is 0 Å². The van der Waals surface area contributed by atoms with E-state index in [1.807, 2.05) is 6.26 Å². The van der Waals surface area contributed by atoms with Crippen LogP contribution in [0.4, 0.5) is 10.1 Å². The second-order valence-corrected chi connectivity index (χ2v) is 4.40. The zero-order valence-electron chi connectivity index (χ0n) is 9.34. The van der Waals surface area contributed by atoms with Crippen molar-refractivity contribution in [2.45, 2.75) is 0 Å². The quantitative estimate of drug-likeness (QED) is 0.681. The number of nitrogens with zero attached hydrogens (tertiary/aromatic N) is 4. The van der Waals surface area contributed by atoms with E-state index in [2.05, 4.69) is 20.6 Å². The van der Waals surface area contributed by atoms with Crippen molar-refractivity contribution in [3.63, 3.8) is 0 Å². The number of thioether (sulfide) groups is 1. The molecule has 1 aromatic heterocycles. The van der Waals surface area contributed by atoms with Crippen molar-refractivity contribution < 1.29 is 4.39 Å². The lowest BCUT2D eigenvalue weighted by Crippen LogP contribution is -2.18. The smallest absolute Gasteiger partial charge is 0.180 e. The van der Waals surface area contributed by atoms with E-state index < -0.39 is 5.82 Å². The van der Waals surface area contributed by atoms with Gasteiger partial charge in [-0.1, -0.05) is 23.4 Å². The lowest BCUT2D eigenvalue weighted by molar-refractivity contribution is 0.628. The third-order valence-electron chi connectivity index (χ3n) is 1.97. The maximum absolute atomic E-state index is 13.0. The van der Waals surface area contributed by atoms with E-state index in [4.69, 9.17) is 11.6 Å². The van der Waals surface area contributed by atoms with Gasteiger partial charge < -0.3 is 0 Å². The van der Waals surface area contributed by atoms with Crippen molar-refractivity contribution in [3.8, 4) is 0 Å². The molecule has 0 atom stereocenters. The third kappa shape index (κ3) is 3.21. The molecule has 0 fully saturated rings. The zero-order valence-corrected chi connectivity index (χ0v) is 10.9. The summed E-state index contributed by atoms with van der Waals surface area (Å²) in [5.41, 5.74) is 3.52. The SMILES string of the molecule is CSC(=Nc1ccc(F)c(Cl)c1)Nn1cnnc1. The standard InChI is InChI=1S/C10H9ClFN5S/c1-18-10(16-17-5-13-14-6-17)15-7-2-3-9(12)8(11)4-7/h2-6H,1H3,(H,15,16). The molecule has 0 spiro atoms. The fourth-order valence-corrected chi connectivity index (χ4v) is 1.73. The molecule has 0 aliphatic carbocycles. The van der Waals surface area contributed by atoms with Crippen LogP contribution in [0.15, 0.2) is 35.8 Å². The summed E-state index contributed by atoms with van der Waals surface area (Å²) in [6, 6.07) is 4.28. The lowest BCUT2D eigenvalue weighted by atomic mass is 10.3. The van der Waals surface area contributed by atoms with Crippen molar-refractivity contribution in [1.29, 1.82) is 0 Å². The molecular formula is C10H9ClFN5S. The van der Waals surface area contributed by atoms with E-state index in [1.54, 1.807) is 10.7 Å². The Morgan fingerprint density at radius 1 is 1.44 bits per heavy atom. The highest BCUT2D eigenvalue weighted by Crippen LogP contribution is 2.22. The lowest BCUT2D eigenvalue weighted by Gasteiger charge is -2.07. The molecule has 0 saturated heterocycles. The number of nitrogens with one attached hydrogen (secondary N) is 1. The van der Waals surface area contributed by atoms with E-state index >= 15 is 0 Å². The van der Waals surface area contributed by atoms with Gasteiger partial charge in [-0.15, -0.1) is 10.2 Å². The number of hydrogen-bond acceptors (Lipinski definition) is 4. The summed E-state index contributed by atoms with van der Waals surface area (Å²) in [6.07, 6.45) is 4.87. The molecule has 0 amide bonds. The van der Waals surface area contributed by atoms with Crippen LogP contribution in [0.3, 0.4) is 0 Å². The Kier molecular flexibility index (Phi) is 4.16. The van der Waals surface area contributed by atoms with E-state index in [9.17, 15) is 4.39 Å². The number of aliphatic imine (C=N–C) groups is 1. The Bertz CT molecular complexity index is 557. The van der Waals surface area contributed by atoms with Gasteiger partial charge in [0.15, 0.2) is 5.17 Å². The minimum atomic E-state index is -0.465. The normalized spacial score (nSPS) is 11.6. The number of hydrogen-bond donors (Lipinski definition) is 1. The van der Waals surface area contributed by atoms with Crippen molar-refractivity contribution in [2.24, 2.45) is 4.99 Å². The maximum Gasteiger partial charge on any atom is 0.180 e. The van der Waals surface area contributed by atoms with Gasteiger partial charge in [0.05, 0.1) is 10.7 Å². The monoisotopic (exact) mass is 285 g/mol. The van der Waals surface area contributed by atoms with Gasteiger partial charge in [0.1, 0.15) is 18.5 Å². The highest BCUT2D eigenvalue weighted by molar-refractivity contribution is 8.13. The van der Waals surface area contributed by atoms with Crippen molar-refractivity contribution >= 4 is 34.2 Å². The topological polar surface area (TPSA) is 55.1 Å². The van der Waals surface area contributed by atoms with Crippen LogP contribution in [0.1, 0.15) is 0 Å². The summed E-state index contributed by atoms with van der Waals surface area (Å²) < 4.78 is 14.6. The van der Waals surface area contributed by atoms with Gasteiger partial charge in [-0.25, -0.2) is 14.1 Å². The van der Waals surface area contributed by atoms with Crippen LogP contribution in [0, 0.1) is 5.82 Å². The van der Waals surface area contributed by atoms with Crippen molar-refractivity contribution in [2.75, 3.05) is 11.7 Å². The zero-order chi connectivity index (χ0) is 13.0. The van der Waals surface area contributed by atoms with E-state index in [1.165, 1.54) is 36.5 Å². The third-order valence-corrected chi connectivity index (χ3v) is 2.83. The molecule has 18 heavy (non-hydrogen) atoms. The first-order chi connectivity index (χ1) is 8.69. The van der Waals surface area contributed by atoms with Crippen molar-refractivity contribution in [3.05, 3.63) is 41.7 Å². The fraction of sp³-hybridized carbons (Fsp3) is 0.100. The predicted octanol–water partition coefficient (Wildman–Crippen LogP) is 2.66. The second kappa shape index (κ2) is 5.83. The van der Waals surface area contributed by atoms with Gasteiger partial charge in [0.25, 0.3) is 0 Å². The van der Waals surface area contributed by atoms with Gasteiger partial charge in [-0.05, 0) is 24.5 Å². The summed E-state index contributed by atoms with van der Waals surface area (Å²) in [5.74, 6) is -0.465. The number of rotatable bonds is 2. The molecule has 0 aliphatic heterocycles. The van der Waals surface area contributed by atoms with Gasteiger partial charge in [-0.2, -0.15) is 0 Å². The molecule has 94 valence electrons. The van der Waals surface area contributed by atoms with Crippen LogP contribution in [0.5, 0.6) is 0 Å². The highest BCUT2D eigenvalue weighted by Gasteiger charge is 2.02. The number of aromatic nitrogens is 3. The Hall–Kier alpha value is -1.60. The minimum absolute atomic E-state index is 0.0426. The van der Waals surface area contributed by atoms with Crippen LogP contribution in [-0.2, 0) is 0 Å². The Morgan fingerprint density at radius 2 is 2.17 bits per heavy atom. The average Bonchev–Trinajstić information content (AvgIpc) is 2.86. The number of halogens is 2. The molecule has 1 N–H and O–H groups in total. The number of amidine groups is 1. The minimum Gasteiger partial charge on any atom is -0.270 e. The van der Waals surface area contributed by atoms with E-state index in [-0.39, 0.29) is 5.02 Å². The molecule has 0 aliphatic rings. The molecule has 2 rings (SSSR count). The van der Waals surface area contributed by atoms with Gasteiger partial charge in [-0.3, -0.25) is 5.43 Å². The molecule has 0 saturated carbocycles. The number of benzene rings is 1. The summed E-state index contributed by atoms with van der Waals surface area (Å²) >= 11 is 7.09.